The van der Waals surface area contributed by atoms with Crippen LogP contribution in [0.5, 0.6) is 0 Å². The quantitative estimate of drug-likeness (QED) is 0.755. The Labute approximate surface area is 125 Å². The molecule has 1 aliphatic rings. The summed E-state index contributed by atoms with van der Waals surface area (Å²) in [5, 5.41) is 2.12. The lowest BCUT2D eigenvalue weighted by Crippen LogP contribution is -2.24. The van der Waals surface area contributed by atoms with Crippen LogP contribution in [0.3, 0.4) is 0 Å². The summed E-state index contributed by atoms with van der Waals surface area (Å²) in [6.45, 7) is 1.89. The van der Waals surface area contributed by atoms with Crippen molar-refractivity contribution in [1.29, 1.82) is 0 Å². The first-order valence-electron chi connectivity index (χ1n) is 6.43. The van der Waals surface area contributed by atoms with Gasteiger partial charge in [-0.3, -0.25) is 4.90 Å². The zero-order valence-electron chi connectivity index (χ0n) is 10.5. The molecule has 19 heavy (non-hydrogen) atoms. The van der Waals surface area contributed by atoms with Gasteiger partial charge in [-0.05, 0) is 57.9 Å². The van der Waals surface area contributed by atoms with Crippen molar-refractivity contribution in [3.05, 3.63) is 56.4 Å². The fraction of sp³-hybridized carbons (Fsp3) is 0.333. The van der Waals surface area contributed by atoms with Crippen LogP contribution in [-0.4, -0.2) is 10.9 Å². The molecule has 1 nitrogen and oxygen atoms in total. The first kappa shape index (κ1) is 13.3. The summed E-state index contributed by atoms with van der Waals surface area (Å²) in [5.41, 5.74) is 1.16. The van der Waals surface area contributed by atoms with Crippen molar-refractivity contribution < 1.29 is 4.39 Å². The SMILES string of the molecule is Fc1ccc(CN(Cc2cccs2)C2CC2)cc1Br. The average Bonchev–Trinajstić information content (AvgIpc) is 3.12. The van der Waals surface area contributed by atoms with Crippen molar-refractivity contribution in [2.24, 2.45) is 0 Å². The highest BCUT2D eigenvalue weighted by Crippen LogP contribution is 2.31. The summed E-state index contributed by atoms with van der Waals surface area (Å²) in [7, 11) is 0. The van der Waals surface area contributed by atoms with Crippen LogP contribution in [0.1, 0.15) is 23.3 Å². The highest BCUT2D eigenvalue weighted by Gasteiger charge is 2.29. The number of thiophene rings is 1. The molecule has 1 aromatic carbocycles. The predicted octanol–water partition coefficient (Wildman–Crippen LogP) is 4.81. The lowest BCUT2D eigenvalue weighted by Gasteiger charge is -2.21. The number of halogens is 2. The van der Waals surface area contributed by atoms with Crippen LogP contribution in [0.2, 0.25) is 0 Å². The third-order valence-corrected chi connectivity index (χ3v) is 4.84. The summed E-state index contributed by atoms with van der Waals surface area (Å²) in [6, 6.07) is 10.3. The van der Waals surface area contributed by atoms with E-state index in [1.807, 2.05) is 12.1 Å². The monoisotopic (exact) mass is 339 g/mol. The van der Waals surface area contributed by atoms with Crippen LogP contribution >= 0.6 is 27.3 Å². The summed E-state index contributed by atoms with van der Waals surface area (Å²) in [5.74, 6) is -0.194. The Morgan fingerprint density at radius 2 is 2.11 bits per heavy atom. The minimum Gasteiger partial charge on any atom is -0.291 e. The molecule has 0 radical (unpaired) electrons. The molecule has 0 bridgehead atoms. The van der Waals surface area contributed by atoms with Gasteiger partial charge < -0.3 is 0 Å². The van der Waals surface area contributed by atoms with Crippen LogP contribution < -0.4 is 0 Å². The van der Waals surface area contributed by atoms with Gasteiger partial charge in [-0.1, -0.05) is 12.1 Å². The van der Waals surface area contributed by atoms with Crippen molar-refractivity contribution >= 4 is 27.3 Å². The predicted molar refractivity (Wildman–Crippen MR) is 80.7 cm³/mol. The van der Waals surface area contributed by atoms with E-state index in [-0.39, 0.29) is 5.82 Å². The van der Waals surface area contributed by atoms with Gasteiger partial charge in [-0.25, -0.2) is 4.39 Å². The Balaban J connectivity index is 1.72. The Morgan fingerprint density at radius 1 is 1.26 bits per heavy atom. The molecule has 4 heteroatoms. The highest BCUT2D eigenvalue weighted by molar-refractivity contribution is 9.10. The van der Waals surface area contributed by atoms with Crippen LogP contribution in [-0.2, 0) is 13.1 Å². The molecule has 0 aliphatic heterocycles. The van der Waals surface area contributed by atoms with Gasteiger partial charge in [-0.15, -0.1) is 11.3 Å². The van der Waals surface area contributed by atoms with Crippen LogP contribution in [0.25, 0.3) is 0 Å². The molecule has 1 aromatic heterocycles. The molecule has 1 fully saturated rings. The van der Waals surface area contributed by atoms with E-state index in [1.54, 1.807) is 11.3 Å². The zero-order chi connectivity index (χ0) is 13.2. The van der Waals surface area contributed by atoms with Crippen molar-refractivity contribution in [2.75, 3.05) is 0 Å². The molecule has 1 aliphatic carbocycles. The number of nitrogens with zero attached hydrogens (tertiary/aromatic N) is 1. The molecule has 0 saturated heterocycles. The molecule has 0 unspecified atom stereocenters. The lowest BCUT2D eigenvalue weighted by molar-refractivity contribution is 0.248. The van der Waals surface area contributed by atoms with E-state index in [9.17, 15) is 4.39 Å². The fourth-order valence-electron chi connectivity index (χ4n) is 2.23. The van der Waals surface area contributed by atoms with Crippen molar-refractivity contribution in [2.45, 2.75) is 32.0 Å². The van der Waals surface area contributed by atoms with Gasteiger partial charge in [0.2, 0.25) is 0 Å². The molecular weight excluding hydrogens is 325 g/mol. The van der Waals surface area contributed by atoms with Gasteiger partial charge in [0.15, 0.2) is 0 Å². The van der Waals surface area contributed by atoms with E-state index in [0.717, 1.165) is 18.7 Å². The highest BCUT2D eigenvalue weighted by atomic mass is 79.9. The zero-order valence-corrected chi connectivity index (χ0v) is 12.9. The third-order valence-electron chi connectivity index (χ3n) is 3.37. The normalized spacial score (nSPS) is 15.1. The molecule has 0 atom stereocenters. The van der Waals surface area contributed by atoms with Gasteiger partial charge in [0, 0.05) is 24.0 Å². The van der Waals surface area contributed by atoms with E-state index >= 15 is 0 Å². The molecule has 0 amide bonds. The first-order chi connectivity index (χ1) is 9.22. The second kappa shape index (κ2) is 5.73. The van der Waals surface area contributed by atoms with Crippen molar-refractivity contribution in [3.8, 4) is 0 Å². The summed E-state index contributed by atoms with van der Waals surface area (Å²) in [4.78, 5) is 3.89. The standard InChI is InChI=1S/C15H15BrFNS/c16-14-8-11(3-6-15(14)17)9-18(12-4-5-12)10-13-2-1-7-19-13/h1-3,6-8,12H,4-5,9-10H2. The smallest absolute Gasteiger partial charge is 0.137 e. The maximum absolute atomic E-state index is 13.3. The van der Waals surface area contributed by atoms with Crippen LogP contribution in [0.15, 0.2) is 40.2 Å². The minimum atomic E-state index is -0.194. The maximum Gasteiger partial charge on any atom is 0.137 e. The first-order valence-corrected chi connectivity index (χ1v) is 8.10. The maximum atomic E-state index is 13.3. The Hall–Kier alpha value is -0.710. The minimum absolute atomic E-state index is 0.194. The molecule has 3 rings (SSSR count). The van der Waals surface area contributed by atoms with Crippen molar-refractivity contribution in [3.63, 3.8) is 0 Å². The number of hydrogen-bond acceptors (Lipinski definition) is 2. The number of rotatable bonds is 5. The van der Waals surface area contributed by atoms with Gasteiger partial charge >= 0.3 is 0 Å². The average molecular weight is 340 g/mol. The molecule has 0 N–H and O–H groups in total. The lowest BCUT2D eigenvalue weighted by atomic mass is 10.2. The third kappa shape index (κ3) is 3.44. The Kier molecular flexibility index (Phi) is 4.01. The van der Waals surface area contributed by atoms with Crippen molar-refractivity contribution in [1.82, 2.24) is 4.90 Å². The molecule has 0 spiro atoms. The molecule has 1 saturated carbocycles. The van der Waals surface area contributed by atoms with Crippen LogP contribution in [0.4, 0.5) is 4.39 Å². The van der Waals surface area contributed by atoms with Gasteiger partial charge in [0.05, 0.1) is 4.47 Å². The molecular formula is C15H15BrFNS. The largest absolute Gasteiger partial charge is 0.291 e. The van der Waals surface area contributed by atoms with E-state index in [0.29, 0.717) is 10.5 Å². The van der Waals surface area contributed by atoms with E-state index < -0.39 is 0 Å². The van der Waals surface area contributed by atoms with Crippen LogP contribution in [0, 0.1) is 5.82 Å². The van der Waals surface area contributed by atoms with Gasteiger partial charge in [-0.2, -0.15) is 0 Å². The number of hydrogen-bond donors (Lipinski definition) is 0. The fourth-order valence-corrected chi connectivity index (χ4v) is 3.38. The second-order valence-electron chi connectivity index (χ2n) is 4.96. The molecule has 100 valence electrons. The molecule has 2 aromatic rings. The topological polar surface area (TPSA) is 3.24 Å². The Morgan fingerprint density at radius 3 is 2.74 bits per heavy atom. The summed E-state index contributed by atoms with van der Waals surface area (Å²) in [6.07, 6.45) is 2.57. The molecule has 1 heterocycles. The van der Waals surface area contributed by atoms with Gasteiger partial charge in [0.25, 0.3) is 0 Å². The Bertz CT molecular complexity index is 551. The number of benzene rings is 1. The van der Waals surface area contributed by atoms with Gasteiger partial charge in [0.1, 0.15) is 5.82 Å². The van der Waals surface area contributed by atoms with E-state index in [1.165, 1.54) is 23.8 Å². The summed E-state index contributed by atoms with van der Waals surface area (Å²) < 4.78 is 13.8. The van der Waals surface area contributed by atoms with E-state index in [2.05, 4.69) is 38.3 Å². The van der Waals surface area contributed by atoms with E-state index in [4.69, 9.17) is 0 Å². The summed E-state index contributed by atoms with van der Waals surface area (Å²) >= 11 is 5.06. The second-order valence-corrected chi connectivity index (χ2v) is 6.85.